The predicted molar refractivity (Wildman–Crippen MR) is 71.6 cm³/mol. The second kappa shape index (κ2) is 6.20. The van der Waals surface area contributed by atoms with Crippen molar-refractivity contribution in [1.82, 2.24) is 0 Å². The summed E-state index contributed by atoms with van der Waals surface area (Å²) in [6.45, 7) is 4.69. The molecule has 1 rings (SSSR count). The summed E-state index contributed by atoms with van der Waals surface area (Å²) in [7, 11) is 1.64. The minimum absolute atomic E-state index is 0.00844. The molecule has 1 unspecified atom stereocenters. The summed E-state index contributed by atoms with van der Waals surface area (Å²) < 4.78 is 5.13. The van der Waals surface area contributed by atoms with E-state index in [1.165, 1.54) is 12.1 Å². The second-order valence-electron chi connectivity index (χ2n) is 4.48. The number of nitrogens with zero attached hydrogens (tertiary/aromatic N) is 1. The number of nitrogens with one attached hydrogen (secondary N) is 1. The van der Waals surface area contributed by atoms with Crippen LogP contribution < -0.4 is 11.1 Å². The molecule has 0 spiro atoms. The molecule has 6 nitrogen and oxygen atoms in total. The Balaban J connectivity index is 2.86. The Morgan fingerprint density at radius 1 is 1.50 bits per heavy atom. The fraction of sp³-hybridized carbons (Fsp3) is 0.500. The van der Waals surface area contributed by atoms with Crippen molar-refractivity contribution in [1.29, 1.82) is 0 Å². The van der Waals surface area contributed by atoms with E-state index in [1.54, 1.807) is 13.2 Å². The van der Waals surface area contributed by atoms with Crippen LogP contribution >= 0.6 is 0 Å². The number of nitro benzene ring substituents is 1. The van der Waals surface area contributed by atoms with Crippen LogP contribution in [-0.4, -0.2) is 24.7 Å². The molecule has 0 saturated heterocycles. The van der Waals surface area contributed by atoms with Crippen LogP contribution in [0, 0.1) is 16.0 Å². The Hall–Kier alpha value is -1.82. The number of rotatable bonds is 6. The van der Waals surface area contributed by atoms with Crippen molar-refractivity contribution < 1.29 is 9.66 Å². The van der Waals surface area contributed by atoms with E-state index in [0.29, 0.717) is 23.9 Å². The number of benzene rings is 1. The average Bonchev–Trinajstić information content (AvgIpc) is 2.30. The maximum Gasteiger partial charge on any atom is 0.271 e. The lowest BCUT2D eigenvalue weighted by Crippen LogP contribution is -2.30. The van der Waals surface area contributed by atoms with E-state index in [2.05, 4.69) is 19.2 Å². The molecule has 1 atom stereocenters. The molecular formula is C12H19N3O3. The summed E-state index contributed by atoms with van der Waals surface area (Å²) in [6.07, 6.45) is 0. The highest BCUT2D eigenvalue weighted by molar-refractivity contribution is 5.69. The summed E-state index contributed by atoms with van der Waals surface area (Å²) in [5.74, 6) is 0.361. The van der Waals surface area contributed by atoms with Gasteiger partial charge in [-0.05, 0) is 12.0 Å². The van der Waals surface area contributed by atoms with Crippen LogP contribution in [0.15, 0.2) is 18.2 Å². The molecule has 0 aliphatic heterocycles. The lowest BCUT2D eigenvalue weighted by molar-refractivity contribution is -0.384. The average molecular weight is 253 g/mol. The molecule has 0 aliphatic rings. The molecule has 3 N–H and O–H groups in total. The zero-order valence-corrected chi connectivity index (χ0v) is 10.8. The topological polar surface area (TPSA) is 90.4 Å². The fourth-order valence-electron chi connectivity index (χ4n) is 1.58. The van der Waals surface area contributed by atoms with Gasteiger partial charge in [-0.2, -0.15) is 0 Å². The lowest BCUT2D eigenvalue weighted by Gasteiger charge is -2.23. The molecule has 0 radical (unpaired) electrons. The number of hydrogen-bond acceptors (Lipinski definition) is 5. The molecule has 1 aromatic rings. The Morgan fingerprint density at radius 3 is 2.61 bits per heavy atom. The van der Waals surface area contributed by atoms with Gasteiger partial charge in [0.15, 0.2) is 0 Å². The minimum Gasteiger partial charge on any atom is -0.397 e. The van der Waals surface area contributed by atoms with Gasteiger partial charge in [0.25, 0.3) is 5.69 Å². The zero-order valence-electron chi connectivity index (χ0n) is 10.8. The highest BCUT2D eigenvalue weighted by Crippen LogP contribution is 2.25. The van der Waals surface area contributed by atoms with Gasteiger partial charge < -0.3 is 15.8 Å². The number of nitro groups is 1. The van der Waals surface area contributed by atoms with Crippen molar-refractivity contribution in [2.24, 2.45) is 5.92 Å². The second-order valence-corrected chi connectivity index (χ2v) is 4.48. The van der Waals surface area contributed by atoms with Crippen molar-refractivity contribution in [2.45, 2.75) is 19.9 Å². The third-order valence-electron chi connectivity index (χ3n) is 2.74. The smallest absolute Gasteiger partial charge is 0.271 e. The molecule has 0 fully saturated rings. The number of ether oxygens (including phenoxy) is 1. The third kappa shape index (κ3) is 3.59. The highest BCUT2D eigenvalue weighted by atomic mass is 16.6. The first-order chi connectivity index (χ1) is 8.45. The van der Waals surface area contributed by atoms with E-state index in [9.17, 15) is 10.1 Å². The Morgan fingerprint density at radius 2 is 2.17 bits per heavy atom. The molecule has 0 aliphatic carbocycles. The molecular weight excluding hydrogens is 234 g/mol. The van der Waals surface area contributed by atoms with Crippen LogP contribution in [-0.2, 0) is 4.74 Å². The molecule has 0 heterocycles. The summed E-state index contributed by atoms with van der Waals surface area (Å²) in [5.41, 5.74) is 6.85. The van der Waals surface area contributed by atoms with E-state index in [0.717, 1.165) is 0 Å². The summed E-state index contributed by atoms with van der Waals surface area (Å²) in [5, 5.41) is 13.8. The van der Waals surface area contributed by atoms with E-state index in [1.807, 2.05) is 0 Å². The van der Waals surface area contributed by atoms with E-state index in [-0.39, 0.29) is 11.7 Å². The fourth-order valence-corrected chi connectivity index (χ4v) is 1.58. The van der Waals surface area contributed by atoms with Gasteiger partial charge in [0.05, 0.1) is 28.9 Å². The molecule has 18 heavy (non-hydrogen) atoms. The van der Waals surface area contributed by atoms with Crippen molar-refractivity contribution >= 4 is 17.1 Å². The number of anilines is 2. The number of non-ortho nitro benzene ring substituents is 1. The number of nitrogens with two attached hydrogens (primary N) is 1. The van der Waals surface area contributed by atoms with Crippen LogP contribution in [0.3, 0.4) is 0 Å². The Labute approximate surface area is 106 Å². The van der Waals surface area contributed by atoms with Gasteiger partial charge in [0, 0.05) is 19.2 Å². The monoisotopic (exact) mass is 253 g/mol. The van der Waals surface area contributed by atoms with Crippen LogP contribution in [0.5, 0.6) is 0 Å². The van der Waals surface area contributed by atoms with Crippen molar-refractivity contribution in [2.75, 3.05) is 24.8 Å². The Bertz CT molecular complexity index is 421. The summed E-state index contributed by atoms with van der Waals surface area (Å²) in [6, 6.07) is 4.52. The van der Waals surface area contributed by atoms with Gasteiger partial charge in [-0.15, -0.1) is 0 Å². The number of hydrogen-bond donors (Lipinski definition) is 2. The summed E-state index contributed by atoms with van der Waals surface area (Å²) in [4.78, 5) is 10.1. The van der Waals surface area contributed by atoms with E-state index < -0.39 is 4.92 Å². The van der Waals surface area contributed by atoms with Crippen molar-refractivity contribution in [3.63, 3.8) is 0 Å². The minimum atomic E-state index is -0.463. The predicted octanol–water partition coefficient (Wildman–Crippen LogP) is 2.26. The van der Waals surface area contributed by atoms with Crippen LogP contribution in [0.25, 0.3) is 0 Å². The van der Waals surface area contributed by atoms with Gasteiger partial charge in [-0.3, -0.25) is 10.1 Å². The van der Waals surface area contributed by atoms with Gasteiger partial charge in [-0.1, -0.05) is 13.8 Å². The largest absolute Gasteiger partial charge is 0.397 e. The first kappa shape index (κ1) is 14.2. The molecule has 100 valence electrons. The molecule has 0 bridgehead atoms. The van der Waals surface area contributed by atoms with E-state index in [4.69, 9.17) is 10.5 Å². The third-order valence-corrected chi connectivity index (χ3v) is 2.74. The molecule has 0 aromatic heterocycles. The van der Waals surface area contributed by atoms with Crippen LogP contribution in [0.4, 0.5) is 17.1 Å². The van der Waals surface area contributed by atoms with Crippen LogP contribution in [0.1, 0.15) is 13.8 Å². The maximum atomic E-state index is 10.6. The molecule has 0 saturated carbocycles. The number of methoxy groups -OCH3 is 1. The van der Waals surface area contributed by atoms with Crippen molar-refractivity contribution in [3.05, 3.63) is 28.3 Å². The van der Waals surface area contributed by atoms with Crippen LogP contribution in [0.2, 0.25) is 0 Å². The molecule has 1 aromatic carbocycles. The quantitative estimate of drug-likeness (QED) is 0.461. The first-order valence-electron chi connectivity index (χ1n) is 5.75. The lowest BCUT2D eigenvalue weighted by atomic mass is 10.0. The SMILES string of the molecule is COCC(Nc1ccc([N+](=O)[O-])cc1N)C(C)C. The van der Waals surface area contributed by atoms with Gasteiger partial charge in [0.1, 0.15) is 0 Å². The highest BCUT2D eigenvalue weighted by Gasteiger charge is 2.15. The molecule has 6 heteroatoms. The van der Waals surface area contributed by atoms with Gasteiger partial charge >= 0.3 is 0 Å². The Kier molecular flexibility index (Phi) is 4.91. The van der Waals surface area contributed by atoms with Gasteiger partial charge in [-0.25, -0.2) is 0 Å². The first-order valence-corrected chi connectivity index (χ1v) is 5.75. The summed E-state index contributed by atoms with van der Waals surface area (Å²) >= 11 is 0. The standard InChI is InChI=1S/C12H19N3O3/c1-8(2)12(7-18-3)14-11-5-4-9(15(16)17)6-10(11)13/h4-6,8,12,14H,7,13H2,1-3H3. The zero-order chi connectivity index (χ0) is 13.7. The molecule has 0 amide bonds. The van der Waals surface area contributed by atoms with Gasteiger partial charge in [0.2, 0.25) is 0 Å². The normalized spacial score (nSPS) is 12.4. The number of nitrogen functional groups attached to an aromatic ring is 1. The maximum absolute atomic E-state index is 10.6. The van der Waals surface area contributed by atoms with E-state index >= 15 is 0 Å². The van der Waals surface area contributed by atoms with Crippen molar-refractivity contribution in [3.8, 4) is 0 Å².